The van der Waals surface area contributed by atoms with Crippen LogP contribution in [-0.4, -0.2) is 32.1 Å². The fourth-order valence-electron chi connectivity index (χ4n) is 3.56. The van der Waals surface area contributed by atoms with Crippen LogP contribution in [0.5, 0.6) is 17.2 Å². The molecule has 33 heavy (non-hydrogen) atoms. The van der Waals surface area contributed by atoms with E-state index in [1.54, 1.807) is 20.1 Å². The zero-order valence-electron chi connectivity index (χ0n) is 19.3. The van der Waals surface area contributed by atoms with E-state index in [0.29, 0.717) is 30.0 Å². The van der Waals surface area contributed by atoms with Gasteiger partial charge in [-0.1, -0.05) is 12.1 Å². The number of methoxy groups -OCH3 is 1. The lowest BCUT2D eigenvalue weighted by Crippen LogP contribution is -2.06. The number of pyridine rings is 1. The molecule has 0 saturated carbocycles. The van der Waals surface area contributed by atoms with Crippen LogP contribution in [0, 0.1) is 31.0 Å². The average Bonchev–Trinajstić information content (AvgIpc) is 2.82. The second kappa shape index (κ2) is 11.3. The van der Waals surface area contributed by atoms with Crippen LogP contribution < -0.4 is 14.2 Å². The first-order valence-electron chi connectivity index (χ1n) is 10.6. The topological polar surface area (TPSA) is 73.6 Å². The van der Waals surface area contributed by atoms with Gasteiger partial charge in [0, 0.05) is 24.8 Å². The third kappa shape index (κ3) is 5.79. The lowest BCUT2D eigenvalue weighted by atomic mass is 9.97. The van der Waals surface area contributed by atoms with Crippen LogP contribution in [0.15, 0.2) is 42.5 Å². The standard InChI is InChI=1S/C26H27FN2O4/c1-5-31-21-8-6-7-19(14-21)26-23(33-16-30-4)10-9-20(29-26)15-22-17(2)13-24(32-12-11-28)25(27)18(22)3/h6-10,13-14H,5,12,15-16H2,1-4H3. The molecule has 0 aliphatic carbocycles. The van der Waals surface area contributed by atoms with Crippen LogP contribution in [0.25, 0.3) is 11.3 Å². The highest BCUT2D eigenvalue weighted by atomic mass is 19.1. The molecule has 0 saturated heterocycles. The van der Waals surface area contributed by atoms with Crippen molar-refractivity contribution in [2.45, 2.75) is 27.2 Å². The number of hydrogen-bond acceptors (Lipinski definition) is 6. The van der Waals surface area contributed by atoms with Gasteiger partial charge in [-0.25, -0.2) is 9.37 Å². The molecule has 0 unspecified atom stereocenters. The Morgan fingerprint density at radius 3 is 2.58 bits per heavy atom. The Morgan fingerprint density at radius 1 is 1.03 bits per heavy atom. The van der Waals surface area contributed by atoms with Crippen molar-refractivity contribution in [2.24, 2.45) is 0 Å². The van der Waals surface area contributed by atoms with E-state index in [4.69, 9.17) is 29.2 Å². The van der Waals surface area contributed by atoms with Crippen LogP contribution in [0.1, 0.15) is 29.3 Å². The molecule has 0 aliphatic rings. The molecule has 3 rings (SSSR count). The molecule has 0 amide bonds. The normalized spacial score (nSPS) is 10.5. The van der Waals surface area contributed by atoms with Crippen molar-refractivity contribution in [3.05, 3.63) is 70.7 Å². The second-order valence-corrected chi connectivity index (χ2v) is 7.39. The number of ether oxygens (including phenoxy) is 4. The van der Waals surface area contributed by atoms with Crippen molar-refractivity contribution < 1.29 is 23.3 Å². The van der Waals surface area contributed by atoms with Gasteiger partial charge in [-0.15, -0.1) is 0 Å². The van der Waals surface area contributed by atoms with Gasteiger partial charge in [0.05, 0.1) is 6.61 Å². The van der Waals surface area contributed by atoms with Crippen molar-refractivity contribution in [3.63, 3.8) is 0 Å². The van der Waals surface area contributed by atoms with Gasteiger partial charge < -0.3 is 18.9 Å². The lowest BCUT2D eigenvalue weighted by Gasteiger charge is -2.16. The summed E-state index contributed by atoms with van der Waals surface area (Å²) >= 11 is 0. The lowest BCUT2D eigenvalue weighted by molar-refractivity contribution is 0.0513. The molecule has 2 aromatic carbocycles. The second-order valence-electron chi connectivity index (χ2n) is 7.39. The molecular weight excluding hydrogens is 423 g/mol. The number of hydrogen-bond donors (Lipinski definition) is 0. The Kier molecular flexibility index (Phi) is 8.22. The zero-order valence-corrected chi connectivity index (χ0v) is 19.3. The molecule has 6 nitrogen and oxygen atoms in total. The minimum Gasteiger partial charge on any atom is -0.494 e. The Morgan fingerprint density at radius 2 is 1.85 bits per heavy atom. The summed E-state index contributed by atoms with van der Waals surface area (Å²) in [6.45, 7) is 5.97. The number of nitrogens with zero attached hydrogens (tertiary/aromatic N) is 2. The van der Waals surface area contributed by atoms with Gasteiger partial charge in [-0.2, -0.15) is 5.26 Å². The average molecular weight is 451 g/mol. The molecule has 0 N–H and O–H groups in total. The number of halogens is 1. The van der Waals surface area contributed by atoms with Crippen molar-refractivity contribution in [2.75, 3.05) is 27.1 Å². The summed E-state index contributed by atoms with van der Waals surface area (Å²) in [5, 5.41) is 8.72. The van der Waals surface area contributed by atoms with Crippen molar-refractivity contribution in [3.8, 4) is 34.6 Å². The predicted molar refractivity (Wildman–Crippen MR) is 123 cm³/mol. The molecular formula is C26H27FN2O4. The molecule has 0 aliphatic heterocycles. The van der Waals surface area contributed by atoms with Crippen LogP contribution in [0.4, 0.5) is 4.39 Å². The van der Waals surface area contributed by atoms with Crippen LogP contribution >= 0.6 is 0 Å². The Bertz CT molecular complexity index is 1160. The molecule has 0 radical (unpaired) electrons. The third-order valence-electron chi connectivity index (χ3n) is 5.14. The molecule has 0 fully saturated rings. The SMILES string of the molecule is CCOc1cccc(-c2nc(Cc3c(C)cc(OCC#N)c(F)c3C)ccc2OCOC)c1. The molecule has 1 heterocycles. The summed E-state index contributed by atoms with van der Waals surface area (Å²) in [6, 6.07) is 14.8. The van der Waals surface area contributed by atoms with Crippen molar-refractivity contribution in [1.29, 1.82) is 5.26 Å². The zero-order chi connectivity index (χ0) is 23.8. The maximum atomic E-state index is 14.8. The molecule has 1 aromatic heterocycles. The van der Waals surface area contributed by atoms with Gasteiger partial charge in [0.2, 0.25) is 0 Å². The first-order valence-corrected chi connectivity index (χ1v) is 10.6. The summed E-state index contributed by atoms with van der Waals surface area (Å²) in [5.41, 5.74) is 4.41. The van der Waals surface area contributed by atoms with E-state index in [1.165, 1.54) is 0 Å². The quantitative estimate of drug-likeness (QED) is 0.386. The van der Waals surface area contributed by atoms with E-state index in [0.717, 1.165) is 28.1 Å². The summed E-state index contributed by atoms with van der Waals surface area (Å²) in [4.78, 5) is 4.84. The summed E-state index contributed by atoms with van der Waals surface area (Å²) < 4.78 is 36.5. The number of rotatable bonds is 10. The van der Waals surface area contributed by atoms with Gasteiger partial charge >= 0.3 is 0 Å². The van der Waals surface area contributed by atoms with E-state index in [-0.39, 0.29) is 19.1 Å². The number of aromatic nitrogens is 1. The van der Waals surface area contributed by atoms with Crippen LogP contribution in [0.3, 0.4) is 0 Å². The highest BCUT2D eigenvalue weighted by molar-refractivity contribution is 5.68. The number of aryl methyl sites for hydroxylation is 1. The highest BCUT2D eigenvalue weighted by Gasteiger charge is 2.17. The fraction of sp³-hybridized carbons (Fsp3) is 0.308. The Labute approximate surface area is 193 Å². The highest BCUT2D eigenvalue weighted by Crippen LogP contribution is 2.33. The summed E-state index contributed by atoms with van der Waals surface area (Å²) in [6.07, 6.45) is 0.426. The minimum absolute atomic E-state index is 0.0833. The minimum atomic E-state index is -0.462. The number of nitriles is 1. The van der Waals surface area contributed by atoms with E-state index in [2.05, 4.69) is 0 Å². The summed E-state index contributed by atoms with van der Waals surface area (Å²) in [5.74, 6) is 0.936. The Hall–Kier alpha value is -3.63. The van der Waals surface area contributed by atoms with E-state index >= 15 is 0 Å². The van der Waals surface area contributed by atoms with Crippen LogP contribution in [-0.2, 0) is 11.2 Å². The molecule has 7 heteroatoms. The molecule has 3 aromatic rings. The van der Waals surface area contributed by atoms with Crippen molar-refractivity contribution in [1.82, 2.24) is 4.98 Å². The maximum absolute atomic E-state index is 14.8. The number of benzene rings is 2. The van der Waals surface area contributed by atoms with E-state index < -0.39 is 5.82 Å². The first kappa shape index (κ1) is 24.0. The molecule has 0 spiro atoms. The van der Waals surface area contributed by atoms with Gasteiger partial charge in [-0.3, -0.25) is 0 Å². The van der Waals surface area contributed by atoms with Gasteiger partial charge in [0.1, 0.15) is 23.3 Å². The summed E-state index contributed by atoms with van der Waals surface area (Å²) in [7, 11) is 1.56. The van der Waals surface area contributed by atoms with Gasteiger partial charge in [0.25, 0.3) is 0 Å². The largest absolute Gasteiger partial charge is 0.494 e. The third-order valence-corrected chi connectivity index (χ3v) is 5.14. The van der Waals surface area contributed by atoms with Crippen LogP contribution in [0.2, 0.25) is 0 Å². The first-order chi connectivity index (χ1) is 16.0. The van der Waals surface area contributed by atoms with E-state index in [9.17, 15) is 4.39 Å². The fourth-order valence-corrected chi connectivity index (χ4v) is 3.56. The van der Waals surface area contributed by atoms with E-state index in [1.807, 2.05) is 56.3 Å². The maximum Gasteiger partial charge on any atom is 0.188 e. The molecule has 0 bridgehead atoms. The Balaban J connectivity index is 2.00. The molecule has 0 atom stereocenters. The smallest absolute Gasteiger partial charge is 0.188 e. The monoisotopic (exact) mass is 450 g/mol. The van der Waals surface area contributed by atoms with Gasteiger partial charge in [0.15, 0.2) is 25.0 Å². The predicted octanol–water partition coefficient (Wildman–Crippen LogP) is 5.38. The van der Waals surface area contributed by atoms with Crippen molar-refractivity contribution >= 4 is 0 Å². The van der Waals surface area contributed by atoms with Gasteiger partial charge in [-0.05, 0) is 67.8 Å². The molecule has 172 valence electrons.